The quantitative estimate of drug-likeness (QED) is 0.0212. The monoisotopic (exact) mass is 1160 g/mol. The average molecular weight is 1160 g/mol. The van der Waals surface area contributed by atoms with Crippen LogP contribution in [0.15, 0.2) is 48.6 Å². The van der Waals surface area contributed by atoms with E-state index in [1.165, 1.54) is 225 Å². The highest BCUT2D eigenvalue weighted by atomic mass is 31.2. The van der Waals surface area contributed by atoms with Crippen molar-refractivity contribution in [3.8, 4) is 0 Å². The number of ether oxygens (including phenoxy) is 1. The lowest BCUT2D eigenvalue weighted by Crippen LogP contribution is -2.47. The van der Waals surface area contributed by atoms with E-state index in [0.29, 0.717) is 17.4 Å². The number of likely N-dealkylation sites (N-methyl/N-ethyl adjacent to an activating group) is 1. The van der Waals surface area contributed by atoms with Gasteiger partial charge in [0.2, 0.25) is 5.91 Å². The number of unbranched alkanes of at least 4 members (excludes halogenated alkanes) is 42. The van der Waals surface area contributed by atoms with Crippen molar-refractivity contribution in [2.45, 2.75) is 354 Å². The Morgan fingerprint density at radius 2 is 0.753 bits per heavy atom. The minimum atomic E-state index is -4.70. The summed E-state index contributed by atoms with van der Waals surface area (Å²) in [5, 5.41) is 3.04. The van der Waals surface area contributed by atoms with Gasteiger partial charge >= 0.3 is 5.97 Å². The van der Waals surface area contributed by atoms with E-state index < -0.39 is 20.0 Å². The highest BCUT2D eigenvalue weighted by molar-refractivity contribution is 7.45. The summed E-state index contributed by atoms with van der Waals surface area (Å²) in [6, 6.07) is -0.891. The third-order valence-electron chi connectivity index (χ3n) is 15.7. The Balaban J connectivity index is 5.00. The number of phosphoric acid groups is 1. The third-order valence-corrected chi connectivity index (χ3v) is 16.7. The summed E-state index contributed by atoms with van der Waals surface area (Å²) in [5.41, 5.74) is 0. The van der Waals surface area contributed by atoms with Gasteiger partial charge in [-0.15, -0.1) is 0 Å². The fourth-order valence-electron chi connectivity index (χ4n) is 10.3. The van der Waals surface area contributed by atoms with E-state index in [-0.39, 0.29) is 31.5 Å². The minimum absolute atomic E-state index is 0.0223. The number of quaternary nitrogens is 1. The molecule has 0 fully saturated rings. The topological polar surface area (TPSA) is 114 Å². The predicted molar refractivity (Wildman–Crippen MR) is 349 cm³/mol. The highest BCUT2D eigenvalue weighted by Gasteiger charge is 2.27. The number of esters is 1. The average Bonchev–Trinajstić information content (AvgIpc) is 3.44. The molecular weight excluding hydrogens is 1020 g/mol. The summed E-state index contributed by atoms with van der Waals surface area (Å²) in [6.45, 7) is 6.85. The zero-order chi connectivity index (χ0) is 59.3. The van der Waals surface area contributed by atoms with Crippen LogP contribution in [-0.2, 0) is 27.9 Å². The number of allylic oxidation sites excluding steroid dienone is 7. The van der Waals surface area contributed by atoms with Crippen molar-refractivity contribution in [2.24, 2.45) is 0 Å². The van der Waals surface area contributed by atoms with Crippen LogP contribution < -0.4 is 10.2 Å². The summed E-state index contributed by atoms with van der Waals surface area (Å²) in [5.74, 6) is -0.536. The molecule has 0 aliphatic heterocycles. The minimum Gasteiger partial charge on any atom is -0.756 e. The Morgan fingerprint density at radius 1 is 0.432 bits per heavy atom. The van der Waals surface area contributed by atoms with E-state index in [2.05, 4.69) is 62.5 Å². The van der Waals surface area contributed by atoms with E-state index in [1.54, 1.807) is 0 Å². The van der Waals surface area contributed by atoms with Gasteiger partial charge in [0.15, 0.2) is 0 Å². The van der Waals surface area contributed by atoms with Crippen LogP contribution in [0.2, 0.25) is 0 Å². The number of nitrogens with zero attached hydrogens (tertiary/aromatic N) is 1. The Morgan fingerprint density at radius 3 is 1.15 bits per heavy atom. The van der Waals surface area contributed by atoms with Gasteiger partial charge in [-0.2, -0.15) is 0 Å². The van der Waals surface area contributed by atoms with Gasteiger partial charge in [0.1, 0.15) is 19.3 Å². The van der Waals surface area contributed by atoms with Crippen molar-refractivity contribution >= 4 is 19.7 Å². The first-order valence-corrected chi connectivity index (χ1v) is 36.4. The summed E-state index contributed by atoms with van der Waals surface area (Å²) < 4.78 is 30.4. The molecule has 0 heterocycles. The van der Waals surface area contributed by atoms with E-state index >= 15 is 0 Å². The summed E-state index contributed by atoms with van der Waals surface area (Å²) in [6.07, 6.45) is 76.6. The molecule has 3 atom stereocenters. The Kier molecular flexibility index (Phi) is 59.5. The van der Waals surface area contributed by atoms with Crippen LogP contribution in [0, 0.1) is 0 Å². The summed E-state index contributed by atoms with van der Waals surface area (Å²) in [4.78, 5) is 40.1. The molecule has 0 aromatic rings. The van der Waals surface area contributed by atoms with Crippen molar-refractivity contribution in [2.75, 3.05) is 40.9 Å². The Bertz CT molecular complexity index is 1520. The maximum atomic E-state index is 13.6. The SMILES string of the molecule is CCCCC/C=C\C/C=C\CCCCCCCCCCCCCCCCCCCC(=O)OC(/C=C\CCCCCCCCCCCC)C(COP(=O)([O-])OCC[N+](C)(C)C)NC(=O)CCCCCCC/C=C/CCCCCCCCC. The van der Waals surface area contributed by atoms with Gasteiger partial charge in [-0.1, -0.05) is 288 Å². The van der Waals surface area contributed by atoms with Gasteiger partial charge in [-0.05, 0) is 89.5 Å². The first-order valence-electron chi connectivity index (χ1n) is 34.9. The van der Waals surface area contributed by atoms with Crippen molar-refractivity contribution < 1.29 is 37.3 Å². The Hall–Kier alpha value is -2.03. The second kappa shape index (κ2) is 61.1. The second-order valence-corrected chi connectivity index (χ2v) is 26.4. The highest BCUT2D eigenvalue weighted by Crippen LogP contribution is 2.38. The molecule has 1 amide bonds. The normalized spacial score (nSPS) is 13.8. The van der Waals surface area contributed by atoms with Gasteiger partial charge in [-0.25, -0.2) is 0 Å². The van der Waals surface area contributed by atoms with Crippen molar-refractivity contribution in [1.29, 1.82) is 0 Å². The molecule has 0 spiro atoms. The number of nitrogens with one attached hydrogen (secondary N) is 1. The van der Waals surface area contributed by atoms with Crippen LogP contribution in [0.1, 0.15) is 342 Å². The van der Waals surface area contributed by atoms with Gasteiger partial charge < -0.3 is 28.5 Å². The standard InChI is InChI=1S/C71H135N2O7P/c1-7-10-13-16-19-22-25-28-30-32-33-34-35-36-37-38-39-40-41-42-44-46-49-52-55-58-61-64-71(75)80-69(62-59-56-53-50-47-27-24-21-18-15-12-9-3)68(67-79-81(76,77)78-66-65-73(4,5)6)72-70(74)63-60-57-54-51-48-45-43-31-29-26-23-20-17-14-11-8-2/h19,22,28,30-31,43,59,62,68-69H,7-18,20-21,23-27,29,32-42,44-58,60-61,63-67H2,1-6H3,(H-,72,74,76,77)/b22-19-,30-28-,43-31+,62-59-. The maximum absolute atomic E-state index is 13.6. The first kappa shape index (κ1) is 79.0. The molecule has 9 nitrogen and oxygen atoms in total. The molecule has 81 heavy (non-hydrogen) atoms. The van der Waals surface area contributed by atoms with Crippen LogP contribution in [-0.4, -0.2) is 69.4 Å². The van der Waals surface area contributed by atoms with Gasteiger partial charge in [0.05, 0.1) is 33.8 Å². The molecule has 0 rings (SSSR count). The molecule has 476 valence electrons. The molecule has 0 aliphatic carbocycles. The number of carbonyl (C=O) groups is 2. The number of phosphoric ester groups is 1. The first-order chi connectivity index (χ1) is 39.4. The molecule has 3 unspecified atom stereocenters. The van der Waals surface area contributed by atoms with E-state index in [4.69, 9.17) is 13.8 Å². The molecule has 0 bridgehead atoms. The van der Waals surface area contributed by atoms with Crippen LogP contribution in [0.4, 0.5) is 0 Å². The Labute approximate surface area is 503 Å². The van der Waals surface area contributed by atoms with Crippen LogP contribution >= 0.6 is 7.82 Å². The van der Waals surface area contributed by atoms with Crippen molar-refractivity contribution in [3.05, 3.63) is 48.6 Å². The molecular formula is C71H135N2O7P. The van der Waals surface area contributed by atoms with Gasteiger partial charge in [0, 0.05) is 12.8 Å². The van der Waals surface area contributed by atoms with Crippen molar-refractivity contribution in [3.63, 3.8) is 0 Å². The maximum Gasteiger partial charge on any atom is 0.306 e. The fourth-order valence-corrected chi connectivity index (χ4v) is 11.0. The van der Waals surface area contributed by atoms with Crippen LogP contribution in [0.5, 0.6) is 0 Å². The van der Waals surface area contributed by atoms with Crippen molar-refractivity contribution in [1.82, 2.24) is 5.32 Å². The molecule has 0 saturated carbocycles. The van der Waals surface area contributed by atoms with Crippen LogP contribution in [0.25, 0.3) is 0 Å². The molecule has 10 heteroatoms. The lowest BCUT2D eigenvalue weighted by atomic mass is 10.0. The molecule has 1 N–H and O–H groups in total. The molecule has 0 saturated heterocycles. The number of hydrogen-bond donors (Lipinski definition) is 1. The summed E-state index contributed by atoms with van der Waals surface area (Å²) >= 11 is 0. The molecule has 0 radical (unpaired) electrons. The van der Waals surface area contributed by atoms with Gasteiger partial charge in [0.25, 0.3) is 7.82 Å². The molecule has 0 aromatic carbocycles. The third kappa shape index (κ3) is 62.3. The zero-order valence-corrected chi connectivity index (χ0v) is 55.4. The van der Waals surface area contributed by atoms with E-state index in [1.807, 2.05) is 33.3 Å². The zero-order valence-electron chi connectivity index (χ0n) is 54.5. The lowest BCUT2D eigenvalue weighted by molar-refractivity contribution is -0.870. The number of hydrogen-bond acceptors (Lipinski definition) is 7. The molecule has 0 aliphatic rings. The number of rotatable bonds is 64. The van der Waals surface area contributed by atoms with E-state index in [9.17, 15) is 19.0 Å². The summed E-state index contributed by atoms with van der Waals surface area (Å²) in [7, 11) is 1.19. The molecule has 0 aromatic heterocycles. The number of carbonyl (C=O) groups excluding carboxylic acids is 2. The lowest BCUT2D eigenvalue weighted by Gasteiger charge is -2.30. The van der Waals surface area contributed by atoms with E-state index in [0.717, 1.165) is 83.5 Å². The van der Waals surface area contributed by atoms with Gasteiger partial charge in [-0.3, -0.25) is 14.2 Å². The largest absolute Gasteiger partial charge is 0.756 e. The predicted octanol–water partition coefficient (Wildman–Crippen LogP) is 21.4. The fraction of sp³-hybridized carbons (Fsp3) is 0.859. The smallest absolute Gasteiger partial charge is 0.306 e. The van der Waals surface area contributed by atoms with Crippen LogP contribution in [0.3, 0.4) is 0 Å². The number of amides is 1. The second-order valence-electron chi connectivity index (χ2n) is 25.0.